The average Bonchev–Trinajstić information content (AvgIpc) is 3.14. The molecule has 0 saturated heterocycles. The molecule has 3 amide bonds. The zero-order valence-corrected chi connectivity index (χ0v) is 20.6. The third-order valence-electron chi connectivity index (χ3n) is 7.00. The van der Waals surface area contributed by atoms with E-state index in [-0.39, 0.29) is 18.2 Å². The molecule has 3 atom stereocenters. The summed E-state index contributed by atoms with van der Waals surface area (Å²) in [5.41, 5.74) is 9.86. The molecular weight excluding hydrogens is 454 g/mol. The maximum atomic E-state index is 13.7. The van der Waals surface area contributed by atoms with Gasteiger partial charge in [0.25, 0.3) is 5.91 Å². The first-order valence-electron chi connectivity index (χ1n) is 12.1. The van der Waals surface area contributed by atoms with E-state index >= 15 is 0 Å². The van der Waals surface area contributed by atoms with Crippen molar-refractivity contribution in [2.24, 2.45) is 0 Å². The van der Waals surface area contributed by atoms with Gasteiger partial charge in [0.15, 0.2) is 0 Å². The van der Waals surface area contributed by atoms with E-state index in [0.717, 1.165) is 22.4 Å². The first-order valence-corrected chi connectivity index (χ1v) is 12.1. The van der Waals surface area contributed by atoms with E-state index in [1.54, 1.807) is 32.0 Å². The molecule has 0 spiro atoms. The Hall–Kier alpha value is -4.13. The van der Waals surface area contributed by atoms with Crippen LogP contribution >= 0.6 is 0 Å². The minimum absolute atomic E-state index is 0.0820. The van der Waals surface area contributed by atoms with Crippen molar-refractivity contribution in [2.45, 2.75) is 51.2 Å². The van der Waals surface area contributed by atoms with Gasteiger partial charge in [-0.2, -0.15) is 0 Å². The minimum atomic E-state index is -0.934. The summed E-state index contributed by atoms with van der Waals surface area (Å²) < 4.78 is 6.04. The fraction of sp³-hybridized carbons (Fsp3) is 0.276. The number of rotatable bonds is 4. The molecule has 0 fully saturated rings. The van der Waals surface area contributed by atoms with Crippen LogP contribution in [-0.4, -0.2) is 29.4 Å². The summed E-state index contributed by atoms with van der Waals surface area (Å²) in [7, 11) is 0. The highest BCUT2D eigenvalue weighted by molar-refractivity contribution is 6.22. The van der Waals surface area contributed by atoms with Crippen molar-refractivity contribution in [3.63, 3.8) is 0 Å². The highest BCUT2D eigenvalue weighted by Crippen LogP contribution is 2.44. The van der Waals surface area contributed by atoms with Crippen LogP contribution in [0.4, 0.5) is 11.4 Å². The second-order valence-electron chi connectivity index (χ2n) is 9.86. The number of nitrogen functional groups attached to an aromatic ring is 1. The van der Waals surface area contributed by atoms with Crippen LogP contribution in [0.25, 0.3) is 11.1 Å². The number of hydrogen-bond donors (Lipinski definition) is 2. The topological polar surface area (TPSA) is 102 Å². The molecule has 5 rings (SSSR count). The van der Waals surface area contributed by atoms with E-state index in [9.17, 15) is 14.4 Å². The molecule has 3 aromatic rings. The van der Waals surface area contributed by atoms with Gasteiger partial charge in [0.1, 0.15) is 17.4 Å². The van der Waals surface area contributed by atoms with Crippen molar-refractivity contribution in [3.05, 3.63) is 77.9 Å². The average molecular weight is 484 g/mol. The van der Waals surface area contributed by atoms with Crippen LogP contribution in [0.1, 0.15) is 44.2 Å². The number of nitrogens with two attached hydrogens (primary N) is 1. The normalized spacial score (nSPS) is 20.9. The standard InChI is InChI=1S/C29H29N3O4/c1-17-20-10-5-6-11-21(20)26-22(30)12-8-13-23(26)32(27(17)34)28(35)18(2)31-25(33)16-29(3)15-19-9-4-7-14-24(19)36-29/h4-14,17-18H,15-16,30H2,1-3H3,(H,31,33)/t17?,18-,29?/m0/s1. The SMILES string of the molecule is CC1C(=O)N(C(=O)[C@H](C)NC(=O)CC2(C)Cc3ccccc3O2)c2cccc(N)c2-c2ccccc21. The molecule has 2 aliphatic heterocycles. The van der Waals surface area contributed by atoms with Crippen LogP contribution in [0.2, 0.25) is 0 Å². The Labute approximate surface area is 210 Å². The molecule has 184 valence electrons. The first-order chi connectivity index (χ1) is 17.2. The van der Waals surface area contributed by atoms with Gasteiger partial charge in [0.2, 0.25) is 11.8 Å². The first kappa shape index (κ1) is 23.6. The molecule has 7 heteroatoms. The summed E-state index contributed by atoms with van der Waals surface area (Å²) in [5.74, 6) is -0.989. The van der Waals surface area contributed by atoms with Gasteiger partial charge in [-0.25, -0.2) is 4.90 Å². The lowest BCUT2D eigenvalue weighted by Gasteiger charge is -2.28. The van der Waals surface area contributed by atoms with E-state index in [2.05, 4.69) is 5.32 Å². The maximum absolute atomic E-state index is 13.7. The third-order valence-corrected chi connectivity index (χ3v) is 7.00. The van der Waals surface area contributed by atoms with E-state index in [1.807, 2.05) is 55.5 Å². The van der Waals surface area contributed by atoms with Crippen LogP contribution in [-0.2, 0) is 20.8 Å². The van der Waals surface area contributed by atoms with Gasteiger partial charge in [0.05, 0.1) is 18.0 Å². The van der Waals surface area contributed by atoms with Crippen LogP contribution < -0.4 is 20.7 Å². The van der Waals surface area contributed by atoms with Crippen LogP contribution in [0.3, 0.4) is 0 Å². The number of benzene rings is 3. The van der Waals surface area contributed by atoms with E-state index in [1.165, 1.54) is 4.90 Å². The van der Waals surface area contributed by atoms with Crippen molar-refractivity contribution in [3.8, 4) is 16.9 Å². The Bertz CT molecular complexity index is 1360. The predicted octanol–water partition coefficient (Wildman–Crippen LogP) is 4.20. The Morgan fingerprint density at radius 1 is 1.11 bits per heavy atom. The number of carbonyl (C=O) groups excluding carboxylic acids is 3. The summed E-state index contributed by atoms with van der Waals surface area (Å²) in [6.45, 7) is 5.26. The number of fused-ring (bicyclic) bond motifs is 4. The number of hydrogen-bond acceptors (Lipinski definition) is 5. The summed E-state index contributed by atoms with van der Waals surface area (Å²) in [5, 5.41) is 2.78. The molecule has 3 aromatic carbocycles. The van der Waals surface area contributed by atoms with Crippen molar-refractivity contribution in [1.29, 1.82) is 0 Å². The number of ether oxygens (including phenoxy) is 1. The highest BCUT2D eigenvalue weighted by atomic mass is 16.5. The lowest BCUT2D eigenvalue weighted by molar-refractivity contribution is -0.132. The van der Waals surface area contributed by atoms with Gasteiger partial charge >= 0.3 is 0 Å². The van der Waals surface area contributed by atoms with Crippen LogP contribution in [0.15, 0.2) is 66.7 Å². The van der Waals surface area contributed by atoms with Crippen molar-refractivity contribution in [2.75, 3.05) is 10.6 Å². The monoisotopic (exact) mass is 483 g/mol. The van der Waals surface area contributed by atoms with Gasteiger partial charge in [-0.3, -0.25) is 14.4 Å². The number of para-hydroxylation sites is 1. The highest BCUT2D eigenvalue weighted by Gasteiger charge is 2.40. The van der Waals surface area contributed by atoms with Gasteiger partial charge in [-0.05, 0) is 55.7 Å². The molecule has 0 radical (unpaired) electrons. The Balaban J connectivity index is 1.39. The van der Waals surface area contributed by atoms with Gasteiger partial charge in [0, 0.05) is 17.7 Å². The minimum Gasteiger partial charge on any atom is -0.486 e. The fourth-order valence-electron chi connectivity index (χ4n) is 5.25. The molecule has 36 heavy (non-hydrogen) atoms. The van der Waals surface area contributed by atoms with Crippen molar-refractivity contribution >= 4 is 29.1 Å². The lowest BCUT2D eigenvalue weighted by Crippen LogP contribution is -2.51. The summed E-state index contributed by atoms with van der Waals surface area (Å²) in [6, 6.07) is 19.5. The molecule has 0 aliphatic carbocycles. The number of imide groups is 1. The third kappa shape index (κ3) is 4.00. The van der Waals surface area contributed by atoms with E-state index < -0.39 is 23.5 Å². The fourth-order valence-corrected chi connectivity index (χ4v) is 5.25. The second-order valence-corrected chi connectivity index (χ2v) is 9.86. The van der Waals surface area contributed by atoms with Crippen molar-refractivity contribution in [1.82, 2.24) is 5.32 Å². The Kier molecular flexibility index (Phi) is 5.79. The quantitative estimate of drug-likeness (QED) is 0.542. The largest absolute Gasteiger partial charge is 0.486 e. The molecule has 0 bridgehead atoms. The molecule has 0 aromatic heterocycles. The van der Waals surface area contributed by atoms with Gasteiger partial charge in [-0.1, -0.05) is 48.5 Å². The molecule has 0 saturated carbocycles. The number of anilines is 2. The Morgan fingerprint density at radius 2 is 1.83 bits per heavy atom. The molecular formula is C29H29N3O4. The number of nitrogens with zero attached hydrogens (tertiary/aromatic N) is 1. The number of amides is 3. The maximum Gasteiger partial charge on any atom is 0.256 e. The van der Waals surface area contributed by atoms with Gasteiger partial charge in [-0.15, -0.1) is 0 Å². The zero-order valence-electron chi connectivity index (χ0n) is 20.6. The molecule has 2 heterocycles. The predicted molar refractivity (Wildman–Crippen MR) is 139 cm³/mol. The van der Waals surface area contributed by atoms with Gasteiger partial charge < -0.3 is 15.8 Å². The summed E-state index contributed by atoms with van der Waals surface area (Å²) in [6.07, 6.45) is 0.685. The summed E-state index contributed by atoms with van der Waals surface area (Å²) in [4.78, 5) is 41.4. The summed E-state index contributed by atoms with van der Waals surface area (Å²) >= 11 is 0. The molecule has 2 unspecified atom stereocenters. The van der Waals surface area contributed by atoms with Crippen LogP contribution in [0.5, 0.6) is 5.75 Å². The number of carbonyl (C=O) groups is 3. The number of nitrogens with one attached hydrogen (secondary N) is 1. The van der Waals surface area contributed by atoms with E-state index in [4.69, 9.17) is 10.5 Å². The molecule has 2 aliphatic rings. The lowest BCUT2D eigenvalue weighted by atomic mass is 9.92. The molecule has 3 N–H and O–H groups in total. The van der Waals surface area contributed by atoms with Crippen LogP contribution in [0, 0.1) is 0 Å². The second kappa shape index (κ2) is 8.82. The van der Waals surface area contributed by atoms with E-state index in [0.29, 0.717) is 23.4 Å². The molecule has 7 nitrogen and oxygen atoms in total. The smallest absolute Gasteiger partial charge is 0.256 e. The zero-order chi connectivity index (χ0) is 25.6. The Morgan fingerprint density at radius 3 is 2.61 bits per heavy atom. The van der Waals surface area contributed by atoms with Crippen molar-refractivity contribution < 1.29 is 19.1 Å².